The molecule has 1 nitrogen and oxygen atoms in total. The molecule has 10 rings (SSSR count). The van der Waals surface area contributed by atoms with Gasteiger partial charge in [-0.1, -0.05) is 153 Å². The first kappa shape index (κ1) is 29.9. The third-order valence-corrected chi connectivity index (χ3v) is 12.1. The fourth-order valence-corrected chi connectivity index (χ4v) is 9.55. The quantitative estimate of drug-likeness (QED) is 0.176. The van der Waals surface area contributed by atoms with Crippen molar-refractivity contribution in [3.8, 4) is 33.4 Å². The van der Waals surface area contributed by atoms with Crippen molar-refractivity contribution < 1.29 is 0 Å². The smallest absolute Gasteiger partial charge is 0.0547 e. The van der Waals surface area contributed by atoms with Gasteiger partial charge in [0.15, 0.2) is 0 Å². The van der Waals surface area contributed by atoms with E-state index in [4.69, 9.17) is 0 Å². The predicted molar refractivity (Wildman–Crippen MR) is 220 cm³/mol. The van der Waals surface area contributed by atoms with Crippen LogP contribution in [0.25, 0.3) is 64.3 Å². The molecule has 1 aliphatic carbocycles. The van der Waals surface area contributed by atoms with Gasteiger partial charge in [0, 0.05) is 47.6 Å². The van der Waals surface area contributed by atoms with Gasteiger partial charge in [0.2, 0.25) is 0 Å². The molecule has 0 spiro atoms. The summed E-state index contributed by atoms with van der Waals surface area (Å²) >= 11 is 1.90. The molecule has 0 radical (unpaired) electrons. The zero-order valence-corrected chi connectivity index (χ0v) is 29.4. The van der Waals surface area contributed by atoms with Crippen LogP contribution < -0.4 is 4.90 Å². The van der Waals surface area contributed by atoms with Crippen molar-refractivity contribution in [1.82, 2.24) is 0 Å². The average molecular weight is 670 g/mol. The molecule has 0 amide bonds. The van der Waals surface area contributed by atoms with Crippen LogP contribution in [0.4, 0.5) is 17.1 Å². The van der Waals surface area contributed by atoms with Crippen molar-refractivity contribution in [2.75, 3.05) is 4.90 Å². The maximum atomic E-state index is 2.52. The summed E-state index contributed by atoms with van der Waals surface area (Å²) in [5.74, 6) is 0. The van der Waals surface area contributed by atoms with Crippen LogP contribution in [0.15, 0.2) is 176 Å². The number of hydrogen-bond acceptors (Lipinski definition) is 2. The van der Waals surface area contributed by atoms with E-state index < -0.39 is 0 Å². The summed E-state index contributed by atoms with van der Waals surface area (Å²) in [6.45, 7) is 4.74. The molecule has 0 aliphatic heterocycles. The fourth-order valence-electron chi connectivity index (χ4n) is 8.34. The molecule has 0 bridgehead atoms. The van der Waals surface area contributed by atoms with E-state index in [1.54, 1.807) is 0 Å². The second-order valence-electron chi connectivity index (χ2n) is 14.1. The summed E-state index contributed by atoms with van der Waals surface area (Å²) in [7, 11) is 0. The number of fused-ring (bicyclic) bond motifs is 8. The van der Waals surface area contributed by atoms with Crippen molar-refractivity contribution in [3.63, 3.8) is 0 Å². The van der Waals surface area contributed by atoms with Gasteiger partial charge in [0.1, 0.15) is 0 Å². The molecular weight excluding hydrogens is 635 g/mol. The second-order valence-corrected chi connectivity index (χ2v) is 15.2. The van der Waals surface area contributed by atoms with E-state index in [2.05, 4.69) is 195 Å². The van der Waals surface area contributed by atoms with Crippen LogP contribution in [0.3, 0.4) is 0 Å². The zero-order valence-electron chi connectivity index (χ0n) is 28.6. The Morgan fingerprint density at radius 2 is 1.06 bits per heavy atom. The van der Waals surface area contributed by atoms with Crippen LogP contribution in [-0.4, -0.2) is 0 Å². The SMILES string of the molecule is CC1(C)c2ccccc2-c2ccc(N(c3ccccc3-c3ccccc3)c3cc4c5cc(-c6ccccc6)ccc5sc4c4ccccc34)cc21. The Kier molecular flexibility index (Phi) is 6.78. The Labute approximate surface area is 302 Å². The largest absolute Gasteiger partial charge is 0.309 e. The molecule has 1 aliphatic rings. The third-order valence-electron chi connectivity index (χ3n) is 10.9. The maximum absolute atomic E-state index is 2.52. The van der Waals surface area contributed by atoms with Crippen LogP contribution in [0.5, 0.6) is 0 Å². The van der Waals surface area contributed by atoms with Crippen LogP contribution >= 0.6 is 11.3 Å². The Balaban J connectivity index is 1.28. The highest BCUT2D eigenvalue weighted by Crippen LogP contribution is 2.53. The number of hydrogen-bond donors (Lipinski definition) is 0. The van der Waals surface area contributed by atoms with Gasteiger partial charge < -0.3 is 4.90 Å². The van der Waals surface area contributed by atoms with Crippen LogP contribution in [0, 0.1) is 0 Å². The standard InChI is InChI=1S/C49H35NS/c1-49(2)43-23-13-11-20-37(43)38-27-26-35(30-44(38)49)50(45-24-14-12-19-36(45)33-17-7-4-8-18-33)46-31-42-41-29-34(32-15-5-3-6-16-32)25-28-47(41)51-48(42)40-22-10-9-21-39(40)46/h3-31H,1-2H3. The summed E-state index contributed by atoms with van der Waals surface area (Å²) in [5.41, 5.74) is 13.7. The molecule has 0 saturated heterocycles. The normalized spacial score (nSPS) is 13.1. The predicted octanol–water partition coefficient (Wildman–Crippen LogP) is 14.3. The minimum absolute atomic E-state index is 0.115. The first-order valence-electron chi connectivity index (χ1n) is 17.7. The van der Waals surface area contributed by atoms with E-state index in [1.165, 1.54) is 81.1 Å². The van der Waals surface area contributed by atoms with Crippen LogP contribution in [0.1, 0.15) is 25.0 Å². The summed E-state index contributed by atoms with van der Waals surface area (Å²) in [5, 5.41) is 5.11. The number of thiophene rings is 1. The molecule has 2 heteroatoms. The van der Waals surface area contributed by atoms with Gasteiger partial charge in [-0.3, -0.25) is 0 Å². The number of para-hydroxylation sites is 1. The third kappa shape index (κ3) is 4.67. The van der Waals surface area contributed by atoms with Crippen molar-refractivity contribution in [2.45, 2.75) is 19.3 Å². The van der Waals surface area contributed by atoms with Gasteiger partial charge in [0.05, 0.1) is 11.4 Å². The van der Waals surface area contributed by atoms with Crippen molar-refractivity contribution in [2.24, 2.45) is 0 Å². The van der Waals surface area contributed by atoms with E-state index in [1.807, 2.05) is 11.3 Å². The zero-order chi connectivity index (χ0) is 34.1. The molecule has 8 aromatic carbocycles. The van der Waals surface area contributed by atoms with E-state index >= 15 is 0 Å². The minimum Gasteiger partial charge on any atom is -0.309 e. The van der Waals surface area contributed by atoms with Gasteiger partial charge in [-0.15, -0.1) is 11.3 Å². The number of nitrogens with zero attached hydrogens (tertiary/aromatic N) is 1. The Morgan fingerprint density at radius 3 is 1.86 bits per heavy atom. The molecule has 1 heterocycles. The molecule has 1 aromatic heterocycles. The molecule has 0 fully saturated rings. The van der Waals surface area contributed by atoms with Gasteiger partial charge in [0.25, 0.3) is 0 Å². The topological polar surface area (TPSA) is 3.24 Å². The monoisotopic (exact) mass is 669 g/mol. The molecular formula is C49H35NS. The number of rotatable bonds is 5. The van der Waals surface area contributed by atoms with Gasteiger partial charge in [-0.2, -0.15) is 0 Å². The first-order valence-corrected chi connectivity index (χ1v) is 18.5. The van der Waals surface area contributed by atoms with E-state index in [9.17, 15) is 0 Å². The molecule has 0 N–H and O–H groups in total. The molecule has 242 valence electrons. The minimum atomic E-state index is -0.115. The van der Waals surface area contributed by atoms with E-state index in [0.29, 0.717) is 0 Å². The molecule has 51 heavy (non-hydrogen) atoms. The van der Waals surface area contributed by atoms with E-state index in [-0.39, 0.29) is 5.41 Å². The lowest BCUT2D eigenvalue weighted by Gasteiger charge is -2.31. The summed E-state index contributed by atoms with van der Waals surface area (Å²) in [4.78, 5) is 2.52. The number of benzene rings is 8. The Hall–Kier alpha value is -5.96. The molecule has 0 unspecified atom stereocenters. The lowest BCUT2D eigenvalue weighted by Crippen LogP contribution is -2.17. The van der Waals surface area contributed by atoms with Gasteiger partial charge in [-0.25, -0.2) is 0 Å². The number of anilines is 3. The highest BCUT2D eigenvalue weighted by atomic mass is 32.1. The summed E-state index contributed by atoms with van der Waals surface area (Å²) < 4.78 is 2.64. The van der Waals surface area contributed by atoms with Crippen LogP contribution in [-0.2, 0) is 5.41 Å². The highest BCUT2D eigenvalue weighted by molar-refractivity contribution is 7.26. The lowest BCUT2D eigenvalue weighted by molar-refractivity contribution is 0.660. The summed E-state index contributed by atoms with van der Waals surface area (Å²) in [6, 6.07) is 64.8. The van der Waals surface area contributed by atoms with Crippen LogP contribution in [0.2, 0.25) is 0 Å². The highest BCUT2D eigenvalue weighted by Gasteiger charge is 2.36. The van der Waals surface area contributed by atoms with Crippen molar-refractivity contribution in [3.05, 3.63) is 187 Å². The van der Waals surface area contributed by atoms with Crippen molar-refractivity contribution >= 4 is 59.3 Å². The Bertz CT molecular complexity index is 2770. The molecule has 9 aromatic rings. The first-order chi connectivity index (χ1) is 25.1. The van der Waals surface area contributed by atoms with Gasteiger partial charge in [-0.05, 0) is 75.3 Å². The second kappa shape index (κ2) is 11.6. The van der Waals surface area contributed by atoms with Gasteiger partial charge >= 0.3 is 0 Å². The summed E-state index contributed by atoms with van der Waals surface area (Å²) in [6.07, 6.45) is 0. The van der Waals surface area contributed by atoms with Crippen molar-refractivity contribution in [1.29, 1.82) is 0 Å². The lowest BCUT2D eigenvalue weighted by atomic mass is 9.82. The molecule has 0 atom stereocenters. The maximum Gasteiger partial charge on any atom is 0.0547 e. The Morgan fingerprint density at radius 1 is 0.412 bits per heavy atom. The fraction of sp³-hybridized carbons (Fsp3) is 0.0612. The average Bonchev–Trinajstić information content (AvgIpc) is 3.67. The van der Waals surface area contributed by atoms with E-state index in [0.717, 1.165) is 11.4 Å². The molecule has 0 saturated carbocycles.